The fourth-order valence-corrected chi connectivity index (χ4v) is 2.53. The van der Waals surface area contributed by atoms with Crippen LogP contribution in [0.4, 0.5) is 10.5 Å². The standard InChI is InChI=1S/C17H13N3O6/c1-18-15(21)12(16(22)19(2)17(18)23)9-10-7-8-14(26-10)11-5-3-4-6-13(11)20(24)25/h3-9H,1-2H3. The number of amides is 4. The van der Waals surface area contributed by atoms with Crippen molar-refractivity contribution in [2.75, 3.05) is 14.1 Å². The Morgan fingerprint density at radius 2 is 1.62 bits per heavy atom. The fraction of sp³-hybridized carbons (Fsp3) is 0.118. The van der Waals surface area contributed by atoms with Crippen LogP contribution in [0.15, 0.2) is 46.4 Å². The van der Waals surface area contributed by atoms with Gasteiger partial charge in [-0.2, -0.15) is 0 Å². The quantitative estimate of drug-likeness (QED) is 0.361. The number of urea groups is 1. The van der Waals surface area contributed by atoms with E-state index in [4.69, 9.17) is 4.42 Å². The molecule has 3 rings (SSSR count). The van der Waals surface area contributed by atoms with E-state index in [-0.39, 0.29) is 28.3 Å². The van der Waals surface area contributed by atoms with Gasteiger partial charge in [-0.25, -0.2) is 4.79 Å². The largest absolute Gasteiger partial charge is 0.456 e. The van der Waals surface area contributed by atoms with Crippen LogP contribution in [0, 0.1) is 10.1 Å². The molecule has 1 aliphatic rings. The third-order valence-corrected chi connectivity index (χ3v) is 3.92. The maximum absolute atomic E-state index is 12.2. The third-order valence-electron chi connectivity index (χ3n) is 3.92. The van der Waals surface area contributed by atoms with Gasteiger partial charge in [0.25, 0.3) is 17.5 Å². The van der Waals surface area contributed by atoms with Crippen LogP contribution in [0.1, 0.15) is 5.76 Å². The summed E-state index contributed by atoms with van der Waals surface area (Å²) >= 11 is 0. The van der Waals surface area contributed by atoms with Crippen molar-refractivity contribution >= 4 is 29.6 Å². The van der Waals surface area contributed by atoms with Gasteiger partial charge in [0.15, 0.2) is 0 Å². The second-order valence-electron chi connectivity index (χ2n) is 5.55. The lowest BCUT2D eigenvalue weighted by atomic mass is 10.1. The average Bonchev–Trinajstić information content (AvgIpc) is 3.10. The second-order valence-corrected chi connectivity index (χ2v) is 5.55. The normalized spacial score (nSPS) is 14.8. The Morgan fingerprint density at radius 3 is 2.23 bits per heavy atom. The molecule has 1 aliphatic heterocycles. The lowest BCUT2D eigenvalue weighted by Gasteiger charge is -2.28. The van der Waals surface area contributed by atoms with Gasteiger partial charge in [-0.3, -0.25) is 29.5 Å². The minimum Gasteiger partial charge on any atom is -0.456 e. The van der Waals surface area contributed by atoms with Crippen molar-refractivity contribution in [1.82, 2.24) is 9.80 Å². The van der Waals surface area contributed by atoms with E-state index >= 15 is 0 Å². The van der Waals surface area contributed by atoms with Crippen LogP contribution in [0.25, 0.3) is 17.4 Å². The number of nitro benzene ring substituents is 1. The van der Waals surface area contributed by atoms with Gasteiger partial charge in [0, 0.05) is 20.2 Å². The van der Waals surface area contributed by atoms with Gasteiger partial charge >= 0.3 is 6.03 Å². The second kappa shape index (κ2) is 6.28. The molecule has 2 heterocycles. The van der Waals surface area contributed by atoms with E-state index in [0.717, 1.165) is 9.80 Å². The van der Waals surface area contributed by atoms with E-state index < -0.39 is 22.8 Å². The molecule has 1 fully saturated rings. The number of likely N-dealkylation sites (N-methyl/N-ethyl adjacent to an activating group) is 2. The zero-order chi connectivity index (χ0) is 19.0. The molecule has 0 saturated carbocycles. The zero-order valence-electron chi connectivity index (χ0n) is 13.8. The van der Waals surface area contributed by atoms with Gasteiger partial charge in [0.05, 0.1) is 10.5 Å². The third kappa shape index (κ3) is 2.75. The van der Waals surface area contributed by atoms with Crippen molar-refractivity contribution in [1.29, 1.82) is 0 Å². The van der Waals surface area contributed by atoms with Crippen LogP contribution < -0.4 is 0 Å². The highest BCUT2D eigenvalue weighted by Gasteiger charge is 2.38. The lowest BCUT2D eigenvalue weighted by Crippen LogP contribution is -2.52. The molecule has 0 radical (unpaired) electrons. The van der Waals surface area contributed by atoms with Crippen molar-refractivity contribution in [3.05, 3.63) is 57.8 Å². The Kier molecular flexibility index (Phi) is 4.13. The average molecular weight is 355 g/mol. The van der Waals surface area contributed by atoms with E-state index in [1.807, 2.05) is 0 Å². The van der Waals surface area contributed by atoms with Gasteiger partial charge in [0.2, 0.25) is 0 Å². The maximum Gasteiger partial charge on any atom is 0.333 e. The Morgan fingerprint density at radius 1 is 1.00 bits per heavy atom. The summed E-state index contributed by atoms with van der Waals surface area (Å²) in [4.78, 5) is 48.3. The molecule has 4 amide bonds. The summed E-state index contributed by atoms with van der Waals surface area (Å²) in [6, 6.07) is 8.31. The molecule has 0 aliphatic carbocycles. The fourth-order valence-electron chi connectivity index (χ4n) is 2.53. The first-order chi connectivity index (χ1) is 12.3. The first-order valence-corrected chi connectivity index (χ1v) is 7.46. The van der Waals surface area contributed by atoms with Crippen LogP contribution in [-0.4, -0.2) is 46.7 Å². The summed E-state index contributed by atoms with van der Waals surface area (Å²) in [6.45, 7) is 0. The van der Waals surface area contributed by atoms with Crippen molar-refractivity contribution in [2.24, 2.45) is 0 Å². The van der Waals surface area contributed by atoms with Crippen LogP contribution in [0.2, 0.25) is 0 Å². The van der Waals surface area contributed by atoms with Gasteiger partial charge in [0.1, 0.15) is 17.1 Å². The molecule has 0 bridgehead atoms. The van der Waals surface area contributed by atoms with E-state index in [1.165, 1.54) is 50.5 Å². The summed E-state index contributed by atoms with van der Waals surface area (Å²) < 4.78 is 5.55. The Hall–Kier alpha value is -3.75. The number of nitrogens with zero attached hydrogens (tertiary/aromatic N) is 3. The molecule has 1 saturated heterocycles. The van der Waals surface area contributed by atoms with Crippen LogP contribution in [0.3, 0.4) is 0 Å². The summed E-state index contributed by atoms with van der Waals surface area (Å²) in [5.74, 6) is -1.12. The maximum atomic E-state index is 12.2. The number of rotatable bonds is 3. The molecule has 26 heavy (non-hydrogen) atoms. The number of nitro groups is 1. The minimum absolute atomic E-state index is 0.129. The molecule has 1 aromatic carbocycles. The number of furan rings is 1. The molecule has 0 atom stereocenters. The Balaban J connectivity index is 2.00. The van der Waals surface area contributed by atoms with E-state index in [1.54, 1.807) is 6.07 Å². The molecule has 9 heteroatoms. The highest BCUT2D eigenvalue weighted by atomic mass is 16.6. The first kappa shape index (κ1) is 17.1. The molecule has 2 aromatic rings. The van der Waals surface area contributed by atoms with Crippen molar-refractivity contribution in [3.8, 4) is 11.3 Å². The molecule has 9 nitrogen and oxygen atoms in total. The van der Waals surface area contributed by atoms with Crippen LogP contribution in [-0.2, 0) is 9.59 Å². The van der Waals surface area contributed by atoms with Crippen molar-refractivity contribution in [3.63, 3.8) is 0 Å². The monoisotopic (exact) mass is 355 g/mol. The summed E-state index contributed by atoms with van der Waals surface area (Å²) in [5.41, 5.74) is -0.0955. The molecular formula is C17H13N3O6. The van der Waals surface area contributed by atoms with Crippen LogP contribution in [0.5, 0.6) is 0 Å². The highest BCUT2D eigenvalue weighted by molar-refractivity contribution is 6.30. The number of imide groups is 2. The predicted molar refractivity (Wildman–Crippen MR) is 89.7 cm³/mol. The van der Waals surface area contributed by atoms with E-state index in [2.05, 4.69) is 0 Å². The van der Waals surface area contributed by atoms with Gasteiger partial charge < -0.3 is 4.42 Å². The predicted octanol–water partition coefficient (Wildman–Crippen LogP) is 2.29. The van der Waals surface area contributed by atoms with Gasteiger partial charge in [-0.15, -0.1) is 0 Å². The minimum atomic E-state index is -0.748. The number of barbiturate groups is 1. The van der Waals surface area contributed by atoms with Gasteiger partial charge in [-0.05, 0) is 24.3 Å². The Bertz CT molecular complexity index is 948. The van der Waals surface area contributed by atoms with E-state index in [0.29, 0.717) is 0 Å². The first-order valence-electron chi connectivity index (χ1n) is 7.46. The Labute approximate surface area is 147 Å². The summed E-state index contributed by atoms with van der Waals surface area (Å²) in [7, 11) is 2.53. The zero-order valence-corrected chi connectivity index (χ0v) is 13.8. The van der Waals surface area contributed by atoms with Crippen LogP contribution >= 0.6 is 0 Å². The molecule has 132 valence electrons. The number of carbonyl (C=O) groups is 3. The number of hydrogen-bond acceptors (Lipinski definition) is 6. The van der Waals surface area contributed by atoms with Gasteiger partial charge in [-0.1, -0.05) is 12.1 Å². The molecule has 0 N–H and O–H groups in total. The van der Waals surface area contributed by atoms with Crippen molar-refractivity contribution in [2.45, 2.75) is 0 Å². The summed E-state index contributed by atoms with van der Waals surface area (Å²) in [6.07, 6.45) is 1.21. The molecular weight excluding hydrogens is 342 g/mol. The van der Waals surface area contributed by atoms with E-state index in [9.17, 15) is 24.5 Å². The topological polar surface area (TPSA) is 114 Å². The number of para-hydroxylation sites is 1. The SMILES string of the molecule is CN1C(=O)C(=Cc2ccc(-c3ccccc3[N+](=O)[O-])o2)C(=O)N(C)C1=O. The number of carbonyl (C=O) groups excluding carboxylic acids is 3. The molecule has 0 spiro atoms. The number of benzene rings is 1. The molecule has 0 unspecified atom stereocenters. The van der Waals surface area contributed by atoms with Crippen molar-refractivity contribution < 1.29 is 23.7 Å². The summed E-state index contributed by atoms with van der Waals surface area (Å²) in [5, 5.41) is 11.1. The molecule has 1 aromatic heterocycles. The lowest BCUT2D eigenvalue weighted by molar-refractivity contribution is -0.384. The highest BCUT2D eigenvalue weighted by Crippen LogP contribution is 2.31. The number of hydrogen-bond donors (Lipinski definition) is 0. The smallest absolute Gasteiger partial charge is 0.333 e.